The topological polar surface area (TPSA) is 71.1 Å². The molecule has 0 aromatic carbocycles. The molecule has 0 bridgehead atoms. The summed E-state index contributed by atoms with van der Waals surface area (Å²) in [6.45, 7) is 10.9. The smallest absolute Gasteiger partial charge is 0.337 e. The summed E-state index contributed by atoms with van der Waals surface area (Å²) in [7, 11) is 0. The molecule has 1 rings (SSSR count). The number of carbonyl (C=O) groups excluding carboxylic acids is 2. The van der Waals surface area contributed by atoms with Crippen LogP contribution in [-0.4, -0.2) is 44.7 Å². The summed E-state index contributed by atoms with van der Waals surface area (Å²) >= 11 is 0. The summed E-state index contributed by atoms with van der Waals surface area (Å²) in [6, 6.07) is 0. The van der Waals surface area contributed by atoms with Crippen molar-refractivity contribution in [2.75, 3.05) is 26.4 Å². The van der Waals surface area contributed by atoms with Crippen LogP contribution >= 0.6 is 0 Å². The lowest BCUT2D eigenvalue weighted by Gasteiger charge is -2.34. The Balaban J connectivity index is 2.80. The molecule has 1 saturated heterocycles. The highest BCUT2D eigenvalue weighted by Crippen LogP contribution is 2.24. The van der Waals surface area contributed by atoms with Crippen LogP contribution in [0.2, 0.25) is 0 Å². The molecule has 0 radical (unpaired) electrons. The van der Waals surface area contributed by atoms with Crippen molar-refractivity contribution in [3.63, 3.8) is 0 Å². The molecule has 0 aliphatic carbocycles. The van der Waals surface area contributed by atoms with Crippen molar-refractivity contribution < 1.29 is 28.5 Å². The fourth-order valence-electron chi connectivity index (χ4n) is 2.04. The molecule has 1 fully saturated rings. The molecule has 6 heteroatoms. The zero-order chi connectivity index (χ0) is 18.2. The van der Waals surface area contributed by atoms with Crippen molar-refractivity contribution in [2.24, 2.45) is 5.41 Å². The summed E-state index contributed by atoms with van der Waals surface area (Å²) < 4.78 is 21.2. The Morgan fingerprint density at radius 3 is 2.17 bits per heavy atom. The Kier molecular flexibility index (Phi) is 8.15. The first-order valence-corrected chi connectivity index (χ1v) is 8.25. The van der Waals surface area contributed by atoms with Gasteiger partial charge in [-0.25, -0.2) is 9.59 Å². The predicted octanol–water partition coefficient (Wildman–Crippen LogP) is 2.77. The Hall–Kier alpha value is -1.66. The van der Waals surface area contributed by atoms with Gasteiger partial charge in [-0.3, -0.25) is 0 Å². The molecule has 1 aliphatic rings. The minimum Gasteiger partial charge on any atom is -0.463 e. The van der Waals surface area contributed by atoms with Crippen LogP contribution in [-0.2, 0) is 28.5 Å². The number of ether oxygens (including phenoxy) is 4. The van der Waals surface area contributed by atoms with E-state index in [2.05, 4.69) is 13.8 Å². The third kappa shape index (κ3) is 6.84. The molecule has 0 amide bonds. The second-order valence-electron chi connectivity index (χ2n) is 6.38. The maximum atomic E-state index is 12.1. The largest absolute Gasteiger partial charge is 0.463 e. The summed E-state index contributed by atoms with van der Waals surface area (Å²) in [5, 5.41) is 0. The van der Waals surface area contributed by atoms with Crippen molar-refractivity contribution in [1.29, 1.82) is 0 Å². The van der Waals surface area contributed by atoms with E-state index < -0.39 is 18.2 Å². The molecule has 136 valence electrons. The van der Waals surface area contributed by atoms with E-state index in [1.165, 1.54) is 6.08 Å². The van der Waals surface area contributed by atoms with Gasteiger partial charge in [-0.1, -0.05) is 19.9 Å². The number of esters is 2. The predicted molar refractivity (Wildman–Crippen MR) is 89.2 cm³/mol. The molecule has 0 spiro atoms. The number of rotatable bonds is 7. The second kappa shape index (κ2) is 9.59. The zero-order valence-electron chi connectivity index (χ0n) is 15.2. The Morgan fingerprint density at radius 2 is 1.62 bits per heavy atom. The SMILES string of the molecule is CCOC(=O)C(=C\CC1OCC(C)(C)CO1)/C=C(\C)C(=O)OCC. The average Bonchev–Trinajstić information content (AvgIpc) is 2.52. The molecule has 0 aromatic rings. The number of carbonyl (C=O) groups is 2. The summed E-state index contributed by atoms with van der Waals surface area (Å²) in [4.78, 5) is 23.8. The van der Waals surface area contributed by atoms with Crippen molar-refractivity contribution in [3.8, 4) is 0 Å². The third-order valence-electron chi connectivity index (χ3n) is 3.33. The van der Waals surface area contributed by atoms with Gasteiger partial charge in [-0.2, -0.15) is 0 Å². The first-order valence-electron chi connectivity index (χ1n) is 8.25. The van der Waals surface area contributed by atoms with Crippen LogP contribution in [0, 0.1) is 5.41 Å². The lowest BCUT2D eigenvalue weighted by molar-refractivity contribution is -0.219. The van der Waals surface area contributed by atoms with Gasteiger partial charge in [-0.15, -0.1) is 0 Å². The molecule has 24 heavy (non-hydrogen) atoms. The van der Waals surface area contributed by atoms with Crippen LogP contribution < -0.4 is 0 Å². The van der Waals surface area contributed by atoms with E-state index in [4.69, 9.17) is 18.9 Å². The van der Waals surface area contributed by atoms with Crippen molar-refractivity contribution in [2.45, 2.75) is 47.3 Å². The fourth-order valence-corrected chi connectivity index (χ4v) is 2.04. The normalized spacial score (nSPS) is 19.0. The van der Waals surface area contributed by atoms with Crippen LogP contribution in [0.3, 0.4) is 0 Å². The number of hydrogen-bond donors (Lipinski definition) is 0. The minimum absolute atomic E-state index is 0.00934. The Labute approximate surface area is 143 Å². The van der Waals surface area contributed by atoms with Gasteiger partial charge in [0.15, 0.2) is 6.29 Å². The van der Waals surface area contributed by atoms with Gasteiger partial charge in [0.05, 0.1) is 32.0 Å². The quantitative estimate of drug-likeness (QED) is 0.403. The van der Waals surface area contributed by atoms with Gasteiger partial charge in [0.1, 0.15) is 0 Å². The van der Waals surface area contributed by atoms with Crippen LogP contribution in [0.25, 0.3) is 0 Å². The molecular weight excluding hydrogens is 312 g/mol. The molecule has 1 aliphatic heterocycles. The second-order valence-corrected chi connectivity index (χ2v) is 6.38. The van der Waals surface area contributed by atoms with E-state index in [-0.39, 0.29) is 18.6 Å². The van der Waals surface area contributed by atoms with Gasteiger partial charge in [0, 0.05) is 17.4 Å². The highest BCUT2D eigenvalue weighted by atomic mass is 16.7. The molecule has 0 aromatic heterocycles. The van der Waals surface area contributed by atoms with Gasteiger partial charge in [0.25, 0.3) is 0 Å². The van der Waals surface area contributed by atoms with Crippen LogP contribution in [0.4, 0.5) is 0 Å². The minimum atomic E-state index is -0.489. The van der Waals surface area contributed by atoms with E-state index >= 15 is 0 Å². The van der Waals surface area contributed by atoms with Gasteiger partial charge in [-0.05, 0) is 26.8 Å². The first kappa shape index (κ1) is 20.4. The molecule has 0 saturated carbocycles. The Morgan fingerprint density at radius 1 is 1.08 bits per heavy atom. The van der Waals surface area contributed by atoms with Crippen LogP contribution in [0.1, 0.15) is 41.0 Å². The fraction of sp³-hybridized carbons (Fsp3) is 0.667. The maximum Gasteiger partial charge on any atom is 0.337 e. The molecule has 0 N–H and O–H groups in total. The van der Waals surface area contributed by atoms with Crippen molar-refractivity contribution in [3.05, 3.63) is 23.3 Å². The molecule has 1 heterocycles. The van der Waals surface area contributed by atoms with E-state index in [0.717, 1.165) is 0 Å². The lowest BCUT2D eigenvalue weighted by atomic mass is 9.95. The molecular formula is C18H28O6. The highest BCUT2D eigenvalue weighted by molar-refractivity contribution is 5.96. The molecule has 6 nitrogen and oxygen atoms in total. The van der Waals surface area contributed by atoms with E-state index in [9.17, 15) is 9.59 Å². The van der Waals surface area contributed by atoms with Crippen LogP contribution in [0.5, 0.6) is 0 Å². The van der Waals surface area contributed by atoms with Crippen molar-refractivity contribution in [1.82, 2.24) is 0 Å². The zero-order valence-corrected chi connectivity index (χ0v) is 15.2. The van der Waals surface area contributed by atoms with Gasteiger partial charge in [0.2, 0.25) is 0 Å². The summed E-state index contributed by atoms with van der Waals surface area (Å²) in [5.41, 5.74) is 0.618. The van der Waals surface area contributed by atoms with Crippen LogP contribution in [0.15, 0.2) is 23.3 Å². The summed E-state index contributed by atoms with van der Waals surface area (Å²) in [5.74, 6) is -0.947. The maximum absolute atomic E-state index is 12.1. The monoisotopic (exact) mass is 340 g/mol. The van der Waals surface area contributed by atoms with E-state index in [1.807, 2.05) is 0 Å². The first-order chi connectivity index (χ1) is 11.3. The van der Waals surface area contributed by atoms with E-state index in [1.54, 1.807) is 26.8 Å². The average molecular weight is 340 g/mol. The molecule has 0 atom stereocenters. The van der Waals surface area contributed by atoms with Crippen molar-refractivity contribution >= 4 is 11.9 Å². The standard InChI is InChI=1S/C18H28O6/c1-6-21-16(19)13(3)10-14(17(20)22-7-2)8-9-15-23-11-18(4,5)12-24-15/h8,10,15H,6-7,9,11-12H2,1-5H3/b13-10+,14-8-. The third-order valence-corrected chi connectivity index (χ3v) is 3.33. The molecule has 0 unspecified atom stereocenters. The Bertz CT molecular complexity index is 494. The van der Waals surface area contributed by atoms with Gasteiger partial charge >= 0.3 is 11.9 Å². The van der Waals surface area contributed by atoms with E-state index in [0.29, 0.717) is 30.8 Å². The highest BCUT2D eigenvalue weighted by Gasteiger charge is 2.27. The summed E-state index contributed by atoms with van der Waals surface area (Å²) in [6.07, 6.45) is 3.14. The lowest BCUT2D eigenvalue weighted by Crippen LogP contribution is -2.37. The van der Waals surface area contributed by atoms with Gasteiger partial charge < -0.3 is 18.9 Å². The number of hydrogen-bond acceptors (Lipinski definition) is 6.